The Morgan fingerprint density at radius 1 is 0.950 bits per heavy atom. The van der Waals surface area contributed by atoms with E-state index in [9.17, 15) is 4.79 Å². The fraction of sp³-hybridized carbons (Fsp3) is 0.722. The lowest BCUT2D eigenvalue weighted by molar-refractivity contribution is -0.135. The van der Waals surface area contributed by atoms with Gasteiger partial charge in [-0.25, -0.2) is 0 Å². The summed E-state index contributed by atoms with van der Waals surface area (Å²) in [6, 6.07) is 0. The topological polar surface area (TPSA) is 26.3 Å². The summed E-state index contributed by atoms with van der Waals surface area (Å²) in [7, 11) is 0. The molecule has 0 saturated heterocycles. The fourth-order valence-corrected chi connectivity index (χ4v) is 1.84. The summed E-state index contributed by atoms with van der Waals surface area (Å²) in [5.74, 6) is 6.23. The molecular weight excluding hydrogens is 248 g/mol. The van der Waals surface area contributed by atoms with Crippen LogP contribution in [0, 0.1) is 11.8 Å². The molecule has 0 aliphatic rings. The zero-order chi connectivity index (χ0) is 14.9. The van der Waals surface area contributed by atoms with Gasteiger partial charge in [0.2, 0.25) is 0 Å². The fourth-order valence-electron chi connectivity index (χ4n) is 1.84. The van der Waals surface area contributed by atoms with Gasteiger partial charge in [0.05, 0.1) is 6.26 Å². The molecule has 0 aliphatic carbocycles. The number of rotatable bonds is 11. The molecule has 2 heteroatoms. The number of carbonyl (C=O) groups is 1. The van der Waals surface area contributed by atoms with Crippen molar-refractivity contribution in [3.63, 3.8) is 0 Å². The van der Waals surface area contributed by atoms with Gasteiger partial charge in [0, 0.05) is 19.8 Å². The summed E-state index contributed by atoms with van der Waals surface area (Å²) in [4.78, 5) is 10.5. The third-order valence-corrected chi connectivity index (χ3v) is 3.03. The third kappa shape index (κ3) is 16.8. The van der Waals surface area contributed by atoms with Crippen molar-refractivity contribution in [2.45, 2.75) is 84.5 Å². The Kier molecular flexibility index (Phi) is 14.9. The highest BCUT2D eigenvalue weighted by molar-refractivity contribution is 5.66. The van der Waals surface area contributed by atoms with Crippen molar-refractivity contribution in [3.8, 4) is 11.8 Å². The van der Waals surface area contributed by atoms with Crippen LogP contribution >= 0.6 is 0 Å². The number of allylic oxidation sites excluding steroid dienone is 1. The van der Waals surface area contributed by atoms with E-state index >= 15 is 0 Å². The lowest BCUT2D eigenvalue weighted by Crippen LogP contribution is -1.89. The summed E-state index contributed by atoms with van der Waals surface area (Å²) >= 11 is 0. The van der Waals surface area contributed by atoms with Crippen LogP contribution in [0.15, 0.2) is 12.3 Å². The standard InChI is InChI=1S/C18H30O2/c1-3-4-5-6-7-8-9-10-11-12-13-14-15-16-17-20-18(2)19/h16-17H,3-5,8-15H2,1-2H3. The Labute approximate surface area is 125 Å². The minimum Gasteiger partial charge on any atom is -0.435 e. The minimum absolute atomic E-state index is 0.251. The maximum Gasteiger partial charge on any atom is 0.307 e. The second-order valence-corrected chi connectivity index (χ2v) is 5.10. The normalized spacial score (nSPS) is 10.3. The maximum absolute atomic E-state index is 10.5. The Hall–Kier alpha value is -1.23. The van der Waals surface area contributed by atoms with E-state index in [1.54, 1.807) is 0 Å². The second kappa shape index (κ2) is 15.8. The number of hydrogen-bond donors (Lipinski definition) is 0. The molecule has 0 amide bonds. The monoisotopic (exact) mass is 278 g/mol. The van der Waals surface area contributed by atoms with Crippen LogP contribution in [0.4, 0.5) is 0 Å². The molecule has 0 heterocycles. The van der Waals surface area contributed by atoms with Gasteiger partial charge in [-0.2, -0.15) is 0 Å². The Morgan fingerprint density at radius 2 is 1.55 bits per heavy atom. The minimum atomic E-state index is -0.251. The molecule has 0 unspecified atom stereocenters. The molecule has 0 aromatic rings. The van der Waals surface area contributed by atoms with Gasteiger partial charge < -0.3 is 4.74 Å². The Balaban J connectivity index is 3.14. The summed E-state index contributed by atoms with van der Waals surface area (Å²) in [6.07, 6.45) is 16.6. The molecular formula is C18H30O2. The maximum atomic E-state index is 10.5. The first-order valence-corrected chi connectivity index (χ1v) is 8.05. The molecule has 0 bridgehead atoms. The number of esters is 1. The molecule has 0 saturated carbocycles. The first kappa shape index (κ1) is 18.8. The van der Waals surface area contributed by atoms with Crippen molar-refractivity contribution in [1.82, 2.24) is 0 Å². The summed E-state index contributed by atoms with van der Waals surface area (Å²) in [6.45, 7) is 3.62. The average Bonchev–Trinajstić information content (AvgIpc) is 2.43. The Morgan fingerprint density at radius 3 is 2.20 bits per heavy atom. The quantitative estimate of drug-likeness (QED) is 0.219. The third-order valence-electron chi connectivity index (χ3n) is 3.03. The average molecular weight is 278 g/mol. The zero-order valence-electron chi connectivity index (χ0n) is 13.2. The van der Waals surface area contributed by atoms with Crippen molar-refractivity contribution in [2.24, 2.45) is 0 Å². The van der Waals surface area contributed by atoms with Gasteiger partial charge in [0.15, 0.2) is 0 Å². The molecule has 2 nitrogen and oxygen atoms in total. The molecule has 0 fully saturated rings. The van der Waals surface area contributed by atoms with Crippen LogP contribution in [0.3, 0.4) is 0 Å². The lowest BCUT2D eigenvalue weighted by Gasteiger charge is -1.98. The predicted octanol–water partition coefficient (Wildman–Crippen LogP) is 5.38. The highest BCUT2D eigenvalue weighted by Crippen LogP contribution is 2.08. The van der Waals surface area contributed by atoms with Crippen molar-refractivity contribution >= 4 is 5.97 Å². The van der Waals surface area contributed by atoms with Gasteiger partial charge in [0.25, 0.3) is 0 Å². The van der Waals surface area contributed by atoms with E-state index in [2.05, 4.69) is 18.8 Å². The molecule has 114 valence electrons. The van der Waals surface area contributed by atoms with Gasteiger partial charge in [-0.1, -0.05) is 39.0 Å². The molecule has 0 spiro atoms. The highest BCUT2D eigenvalue weighted by Gasteiger charge is 1.90. The van der Waals surface area contributed by atoms with E-state index in [4.69, 9.17) is 4.74 Å². The number of carbonyl (C=O) groups excluding carboxylic acids is 1. The number of unbranched alkanes of at least 4 members (excludes halogenated alkanes) is 9. The first-order valence-electron chi connectivity index (χ1n) is 8.05. The number of ether oxygens (including phenoxy) is 1. The molecule has 0 radical (unpaired) electrons. The van der Waals surface area contributed by atoms with Crippen LogP contribution in [0.1, 0.15) is 84.5 Å². The van der Waals surface area contributed by atoms with E-state index in [1.165, 1.54) is 64.6 Å². The van der Waals surface area contributed by atoms with Crippen molar-refractivity contribution in [3.05, 3.63) is 12.3 Å². The van der Waals surface area contributed by atoms with E-state index < -0.39 is 0 Å². The van der Waals surface area contributed by atoms with Crippen LogP contribution in [-0.4, -0.2) is 5.97 Å². The van der Waals surface area contributed by atoms with Gasteiger partial charge in [-0.3, -0.25) is 4.79 Å². The van der Waals surface area contributed by atoms with E-state index in [0.717, 1.165) is 19.3 Å². The van der Waals surface area contributed by atoms with E-state index in [0.29, 0.717) is 0 Å². The van der Waals surface area contributed by atoms with E-state index in [1.807, 2.05) is 6.08 Å². The molecule has 0 aliphatic heterocycles. The van der Waals surface area contributed by atoms with Crippen molar-refractivity contribution in [1.29, 1.82) is 0 Å². The smallest absolute Gasteiger partial charge is 0.307 e. The summed E-state index contributed by atoms with van der Waals surface area (Å²) in [5.41, 5.74) is 0. The Bertz CT molecular complexity index is 307. The molecule has 0 aromatic heterocycles. The van der Waals surface area contributed by atoms with Gasteiger partial charge in [0.1, 0.15) is 0 Å². The van der Waals surface area contributed by atoms with Crippen LogP contribution in [-0.2, 0) is 9.53 Å². The van der Waals surface area contributed by atoms with Gasteiger partial charge in [-0.15, -0.1) is 11.8 Å². The molecule has 0 rings (SSSR count). The van der Waals surface area contributed by atoms with Crippen molar-refractivity contribution < 1.29 is 9.53 Å². The molecule has 0 N–H and O–H groups in total. The molecule has 0 atom stereocenters. The van der Waals surface area contributed by atoms with Crippen molar-refractivity contribution in [2.75, 3.05) is 0 Å². The van der Waals surface area contributed by atoms with Gasteiger partial charge in [-0.05, 0) is 31.8 Å². The SMILES string of the molecule is CCCCC#CCCCCCCCCC=COC(C)=O. The summed E-state index contributed by atoms with van der Waals surface area (Å²) < 4.78 is 4.72. The zero-order valence-corrected chi connectivity index (χ0v) is 13.2. The predicted molar refractivity (Wildman–Crippen MR) is 85.1 cm³/mol. The summed E-state index contributed by atoms with van der Waals surface area (Å²) in [5, 5.41) is 0. The molecule has 20 heavy (non-hydrogen) atoms. The van der Waals surface area contributed by atoms with Crippen LogP contribution in [0.2, 0.25) is 0 Å². The lowest BCUT2D eigenvalue weighted by atomic mass is 10.1. The van der Waals surface area contributed by atoms with Crippen LogP contribution in [0.25, 0.3) is 0 Å². The number of hydrogen-bond acceptors (Lipinski definition) is 2. The van der Waals surface area contributed by atoms with Gasteiger partial charge >= 0.3 is 5.97 Å². The van der Waals surface area contributed by atoms with E-state index in [-0.39, 0.29) is 5.97 Å². The first-order chi connectivity index (χ1) is 9.77. The van der Waals surface area contributed by atoms with Crippen LogP contribution < -0.4 is 0 Å². The van der Waals surface area contributed by atoms with Crippen LogP contribution in [0.5, 0.6) is 0 Å². The highest BCUT2D eigenvalue weighted by atomic mass is 16.5. The molecule has 0 aromatic carbocycles. The largest absolute Gasteiger partial charge is 0.435 e. The second-order valence-electron chi connectivity index (χ2n) is 5.10.